The summed E-state index contributed by atoms with van der Waals surface area (Å²) in [5.74, 6) is 0.789. The van der Waals surface area contributed by atoms with Crippen LogP contribution in [0.2, 0.25) is 0 Å². The van der Waals surface area contributed by atoms with Crippen molar-refractivity contribution in [3.05, 3.63) is 36.7 Å². The van der Waals surface area contributed by atoms with E-state index in [4.69, 9.17) is 4.74 Å². The van der Waals surface area contributed by atoms with E-state index >= 15 is 0 Å². The van der Waals surface area contributed by atoms with E-state index in [1.165, 1.54) is 0 Å². The van der Waals surface area contributed by atoms with Crippen molar-refractivity contribution in [2.45, 2.75) is 6.04 Å². The van der Waals surface area contributed by atoms with Crippen LogP contribution in [0.3, 0.4) is 0 Å². The zero-order valence-electron chi connectivity index (χ0n) is 11.9. The molecule has 2 heterocycles. The van der Waals surface area contributed by atoms with Gasteiger partial charge in [0.15, 0.2) is 0 Å². The summed E-state index contributed by atoms with van der Waals surface area (Å²) in [5, 5.41) is 6.05. The fraction of sp³-hybridized carbons (Fsp3) is 0.333. The zero-order chi connectivity index (χ0) is 14.7. The third-order valence-corrected chi connectivity index (χ3v) is 3.45. The van der Waals surface area contributed by atoms with Gasteiger partial charge in [0.2, 0.25) is 5.91 Å². The number of imidazole rings is 1. The maximum absolute atomic E-state index is 12.2. The van der Waals surface area contributed by atoms with Gasteiger partial charge in [0.25, 0.3) is 0 Å². The minimum absolute atomic E-state index is 0.0771. The van der Waals surface area contributed by atoms with E-state index in [1.807, 2.05) is 42.1 Å². The summed E-state index contributed by atoms with van der Waals surface area (Å²) in [6.07, 6.45) is 3.65. The second-order valence-corrected chi connectivity index (χ2v) is 5.01. The summed E-state index contributed by atoms with van der Waals surface area (Å²) in [6.45, 7) is 1.76. The molecule has 1 atom stereocenters. The van der Waals surface area contributed by atoms with Crippen LogP contribution in [0.4, 0.5) is 5.69 Å². The maximum atomic E-state index is 12.2. The molecule has 1 fully saturated rings. The number of aromatic nitrogens is 2. The topological polar surface area (TPSA) is 68.2 Å². The van der Waals surface area contributed by atoms with Gasteiger partial charge in [0.05, 0.1) is 13.2 Å². The third kappa shape index (κ3) is 3.12. The first kappa shape index (κ1) is 13.8. The normalized spacial score (nSPS) is 18.4. The van der Waals surface area contributed by atoms with E-state index in [2.05, 4.69) is 15.6 Å². The SMILES string of the molecule is Cn1ccnc1-c1cccc(NC(=O)C2COCCN2)c1. The van der Waals surface area contributed by atoms with E-state index in [1.54, 1.807) is 6.20 Å². The number of aryl methyl sites for hydroxylation is 1. The van der Waals surface area contributed by atoms with Gasteiger partial charge in [-0.2, -0.15) is 0 Å². The van der Waals surface area contributed by atoms with Crippen molar-refractivity contribution < 1.29 is 9.53 Å². The average molecular weight is 286 g/mol. The highest BCUT2D eigenvalue weighted by Gasteiger charge is 2.21. The van der Waals surface area contributed by atoms with Crippen LogP contribution in [-0.2, 0) is 16.6 Å². The van der Waals surface area contributed by atoms with Crippen molar-refractivity contribution in [1.29, 1.82) is 0 Å². The van der Waals surface area contributed by atoms with E-state index in [0.717, 1.165) is 17.1 Å². The number of rotatable bonds is 3. The lowest BCUT2D eigenvalue weighted by Gasteiger charge is -2.23. The van der Waals surface area contributed by atoms with Gasteiger partial charge < -0.3 is 19.9 Å². The molecule has 6 nitrogen and oxygen atoms in total. The highest BCUT2D eigenvalue weighted by atomic mass is 16.5. The molecule has 0 saturated carbocycles. The van der Waals surface area contributed by atoms with E-state index in [0.29, 0.717) is 19.8 Å². The van der Waals surface area contributed by atoms with Crippen LogP contribution in [0.15, 0.2) is 36.7 Å². The summed E-state index contributed by atoms with van der Waals surface area (Å²) >= 11 is 0. The van der Waals surface area contributed by atoms with E-state index in [9.17, 15) is 4.79 Å². The van der Waals surface area contributed by atoms with Crippen molar-refractivity contribution >= 4 is 11.6 Å². The van der Waals surface area contributed by atoms with Crippen LogP contribution in [-0.4, -0.2) is 41.3 Å². The van der Waals surface area contributed by atoms with Gasteiger partial charge in [-0.25, -0.2) is 4.98 Å². The Morgan fingerprint density at radius 1 is 1.52 bits per heavy atom. The molecule has 1 aromatic heterocycles. The van der Waals surface area contributed by atoms with Crippen LogP contribution in [0, 0.1) is 0 Å². The Morgan fingerprint density at radius 2 is 2.43 bits per heavy atom. The molecule has 1 unspecified atom stereocenters. The number of ether oxygens (including phenoxy) is 1. The first-order valence-electron chi connectivity index (χ1n) is 6.94. The number of anilines is 1. The highest BCUT2D eigenvalue weighted by molar-refractivity contribution is 5.95. The van der Waals surface area contributed by atoms with E-state index in [-0.39, 0.29) is 11.9 Å². The molecule has 0 spiro atoms. The fourth-order valence-corrected chi connectivity index (χ4v) is 2.34. The average Bonchev–Trinajstić information content (AvgIpc) is 2.94. The number of carbonyl (C=O) groups excluding carboxylic acids is 1. The van der Waals surface area contributed by atoms with Crippen LogP contribution in [0.1, 0.15) is 0 Å². The smallest absolute Gasteiger partial charge is 0.243 e. The Morgan fingerprint density at radius 3 is 3.14 bits per heavy atom. The Balaban J connectivity index is 1.74. The van der Waals surface area contributed by atoms with Gasteiger partial charge in [-0.05, 0) is 12.1 Å². The van der Waals surface area contributed by atoms with Gasteiger partial charge >= 0.3 is 0 Å². The second-order valence-electron chi connectivity index (χ2n) is 5.01. The van der Waals surface area contributed by atoms with Crippen molar-refractivity contribution in [3.63, 3.8) is 0 Å². The Labute approximate surface area is 123 Å². The number of carbonyl (C=O) groups is 1. The van der Waals surface area contributed by atoms with Crippen molar-refractivity contribution in [2.75, 3.05) is 25.1 Å². The Kier molecular flexibility index (Phi) is 3.98. The number of amides is 1. The number of morpholine rings is 1. The van der Waals surface area contributed by atoms with Gasteiger partial charge in [-0.3, -0.25) is 4.79 Å². The predicted molar refractivity (Wildman–Crippen MR) is 79.9 cm³/mol. The zero-order valence-corrected chi connectivity index (χ0v) is 11.9. The molecule has 1 saturated heterocycles. The van der Waals surface area contributed by atoms with Gasteiger partial charge in [-0.15, -0.1) is 0 Å². The molecule has 1 aliphatic heterocycles. The molecule has 0 aliphatic carbocycles. The van der Waals surface area contributed by atoms with Gasteiger partial charge in [-0.1, -0.05) is 12.1 Å². The standard InChI is InChI=1S/C15H18N4O2/c1-19-7-5-17-14(19)11-3-2-4-12(9-11)18-15(20)13-10-21-8-6-16-13/h2-5,7,9,13,16H,6,8,10H2,1H3,(H,18,20). The lowest BCUT2D eigenvalue weighted by molar-refractivity contribution is -0.120. The molecule has 21 heavy (non-hydrogen) atoms. The monoisotopic (exact) mass is 286 g/mol. The van der Waals surface area contributed by atoms with Gasteiger partial charge in [0.1, 0.15) is 11.9 Å². The summed E-state index contributed by atoms with van der Waals surface area (Å²) in [4.78, 5) is 16.5. The molecular weight excluding hydrogens is 268 g/mol. The largest absolute Gasteiger partial charge is 0.378 e. The Bertz CT molecular complexity index is 632. The molecule has 1 aromatic carbocycles. The highest BCUT2D eigenvalue weighted by Crippen LogP contribution is 2.20. The van der Waals surface area contributed by atoms with E-state index < -0.39 is 0 Å². The molecule has 2 aromatic rings. The molecule has 0 bridgehead atoms. The predicted octanol–water partition coefficient (Wildman–Crippen LogP) is 1.01. The summed E-state index contributed by atoms with van der Waals surface area (Å²) < 4.78 is 7.24. The minimum atomic E-state index is -0.296. The van der Waals surface area contributed by atoms with Crippen molar-refractivity contribution in [1.82, 2.24) is 14.9 Å². The second kappa shape index (κ2) is 6.07. The molecule has 6 heteroatoms. The number of nitrogens with one attached hydrogen (secondary N) is 2. The third-order valence-electron chi connectivity index (χ3n) is 3.45. The molecule has 2 N–H and O–H groups in total. The quantitative estimate of drug-likeness (QED) is 0.884. The molecule has 1 amide bonds. The number of benzene rings is 1. The summed E-state index contributed by atoms with van der Waals surface area (Å²) in [6, 6.07) is 7.37. The van der Waals surface area contributed by atoms with Crippen LogP contribution >= 0.6 is 0 Å². The van der Waals surface area contributed by atoms with Crippen molar-refractivity contribution in [3.8, 4) is 11.4 Å². The Hall–Kier alpha value is -2.18. The van der Waals surface area contributed by atoms with Crippen LogP contribution in [0.5, 0.6) is 0 Å². The lowest BCUT2D eigenvalue weighted by atomic mass is 10.1. The van der Waals surface area contributed by atoms with Crippen LogP contribution in [0.25, 0.3) is 11.4 Å². The molecule has 110 valence electrons. The first-order chi connectivity index (χ1) is 10.2. The number of hydrogen-bond acceptors (Lipinski definition) is 4. The van der Waals surface area contributed by atoms with Crippen LogP contribution < -0.4 is 10.6 Å². The molecule has 0 radical (unpaired) electrons. The maximum Gasteiger partial charge on any atom is 0.243 e. The number of hydrogen-bond donors (Lipinski definition) is 2. The first-order valence-corrected chi connectivity index (χ1v) is 6.94. The summed E-state index contributed by atoms with van der Waals surface area (Å²) in [5.41, 5.74) is 1.72. The summed E-state index contributed by atoms with van der Waals surface area (Å²) in [7, 11) is 1.94. The molecule has 1 aliphatic rings. The molecular formula is C15H18N4O2. The minimum Gasteiger partial charge on any atom is -0.378 e. The van der Waals surface area contributed by atoms with Crippen molar-refractivity contribution in [2.24, 2.45) is 7.05 Å². The fourth-order valence-electron chi connectivity index (χ4n) is 2.34. The number of nitrogens with zero attached hydrogens (tertiary/aromatic N) is 2. The lowest BCUT2D eigenvalue weighted by Crippen LogP contribution is -2.48. The molecule has 3 rings (SSSR count). The van der Waals surface area contributed by atoms with Gasteiger partial charge in [0, 0.05) is 37.2 Å².